The van der Waals surface area contributed by atoms with Gasteiger partial charge in [0.1, 0.15) is 0 Å². The first-order valence-corrected chi connectivity index (χ1v) is 4.79. The van der Waals surface area contributed by atoms with Gasteiger partial charge in [0.15, 0.2) is 5.78 Å². The first-order chi connectivity index (χ1) is 7.11. The molecular formula is C12H14N2O. The van der Waals surface area contributed by atoms with Crippen LogP contribution in [-0.2, 0) is 6.54 Å². The van der Waals surface area contributed by atoms with E-state index in [-0.39, 0.29) is 12.2 Å². The average Bonchev–Trinajstić information content (AvgIpc) is 2.47. The van der Waals surface area contributed by atoms with E-state index in [1.165, 1.54) is 0 Å². The molecule has 0 aliphatic carbocycles. The molecule has 1 heterocycles. The highest BCUT2D eigenvalue weighted by molar-refractivity contribution is 5.98. The predicted molar refractivity (Wildman–Crippen MR) is 58.7 cm³/mol. The van der Waals surface area contributed by atoms with Crippen LogP contribution < -0.4 is 0 Å². The van der Waals surface area contributed by atoms with Crippen molar-refractivity contribution >= 4 is 5.78 Å². The van der Waals surface area contributed by atoms with Gasteiger partial charge >= 0.3 is 0 Å². The molecule has 15 heavy (non-hydrogen) atoms. The molecule has 1 rings (SSSR count). The van der Waals surface area contributed by atoms with E-state index >= 15 is 0 Å². The predicted octanol–water partition coefficient (Wildman–Crippen LogP) is 2.39. The minimum absolute atomic E-state index is 0.0572. The van der Waals surface area contributed by atoms with Gasteiger partial charge in [-0.25, -0.2) is 0 Å². The van der Waals surface area contributed by atoms with Crippen molar-refractivity contribution in [2.75, 3.05) is 0 Å². The van der Waals surface area contributed by atoms with Gasteiger partial charge in [-0.05, 0) is 19.9 Å². The molecule has 0 bridgehead atoms. The third kappa shape index (κ3) is 2.16. The number of nitriles is 1. The number of allylic oxidation sites excluding steroid dienone is 1. The van der Waals surface area contributed by atoms with Gasteiger partial charge in [0, 0.05) is 23.5 Å². The van der Waals surface area contributed by atoms with Gasteiger partial charge in [0.25, 0.3) is 0 Å². The van der Waals surface area contributed by atoms with E-state index < -0.39 is 0 Å². The summed E-state index contributed by atoms with van der Waals surface area (Å²) in [6.45, 7) is 8.20. The standard InChI is InChI=1S/C12H14N2O/c1-4-7-14-9(2)8-11(10(14)3)12(15)5-6-13/h4,8H,1,5,7H2,2-3H3. The van der Waals surface area contributed by atoms with Crippen LogP contribution in [0.1, 0.15) is 28.2 Å². The Labute approximate surface area is 89.6 Å². The van der Waals surface area contributed by atoms with Crippen LogP contribution in [0.3, 0.4) is 0 Å². The fourth-order valence-electron chi connectivity index (χ4n) is 1.66. The molecular weight excluding hydrogens is 188 g/mol. The van der Waals surface area contributed by atoms with Crippen LogP contribution in [0, 0.1) is 25.2 Å². The number of carbonyl (C=O) groups excluding carboxylic acids is 1. The Morgan fingerprint density at radius 1 is 1.67 bits per heavy atom. The molecule has 0 amide bonds. The van der Waals surface area contributed by atoms with Gasteiger partial charge < -0.3 is 4.57 Å². The molecule has 3 nitrogen and oxygen atoms in total. The summed E-state index contributed by atoms with van der Waals surface area (Å²) in [6, 6.07) is 3.71. The zero-order valence-corrected chi connectivity index (χ0v) is 9.08. The Balaban J connectivity index is 3.12. The molecule has 0 aromatic carbocycles. The molecule has 0 atom stereocenters. The molecule has 1 aromatic heterocycles. The second-order valence-electron chi connectivity index (χ2n) is 3.44. The fraction of sp³-hybridized carbons (Fsp3) is 0.333. The minimum atomic E-state index is -0.110. The zero-order valence-electron chi connectivity index (χ0n) is 9.08. The lowest BCUT2D eigenvalue weighted by atomic mass is 10.1. The number of aromatic nitrogens is 1. The summed E-state index contributed by atoms with van der Waals surface area (Å²) < 4.78 is 2.01. The summed E-state index contributed by atoms with van der Waals surface area (Å²) in [4.78, 5) is 11.6. The molecule has 0 saturated carbocycles. The molecule has 0 saturated heterocycles. The number of carbonyl (C=O) groups is 1. The third-order valence-corrected chi connectivity index (χ3v) is 2.43. The largest absolute Gasteiger partial charge is 0.345 e. The van der Waals surface area contributed by atoms with Crippen molar-refractivity contribution in [3.8, 4) is 6.07 Å². The normalized spacial score (nSPS) is 9.67. The number of nitrogens with zero attached hydrogens (tertiary/aromatic N) is 2. The first kappa shape index (κ1) is 11.3. The van der Waals surface area contributed by atoms with Gasteiger partial charge in [0.2, 0.25) is 0 Å². The van der Waals surface area contributed by atoms with E-state index in [2.05, 4.69) is 6.58 Å². The molecule has 0 fully saturated rings. The number of hydrogen-bond acceptors (Lipinski definition) is 2. The summed E-state index contributed by atoms with van der Waals surface area (Å²) in [7, 11) is 0. The smallest absolute Gasteiger partial charge is 0.178 e. The fourth-order valence-corrected chi connectivity index (χ4v) is 1.66. The maximum Gasteiger partial charge on any atom is 0.178 e. The topological polar surface area (TPSA) is 45.8 Å². The number of aryl methyl sites for hydroxylation is 1. The summed E-state index contributed by atoms with van der Waals surface area (Å²) in [5.74, 6) is -0.110. The van der Waals surface area contributed by atoms with Crippen LogP contribution >= 0.6 is 0 Å². The lowest BCUT2D eigenvalue weighted by Gasteiger charge is -2.05. The highest BCUT2D eigenvalue weighted by Gasteiger charge is 2.14. The number of rotatable bonds is 4. The van der Waals surface area contributed by atoms with E-state index in [0.717, 1.165) is 11.4 Å². The molecule has 0 unspecified atom stereocenters. The zero-order chi connectivity index (χ0) is 11.4. The summed E-state index contributed by atoms with van der Waals surface area (Å²) in [6.07, 6.45) is 1.73. The second kappa shape index (κ2) is 4.61. The maximum absolute atomic E-state index is 11.6. The Kier molecular flexibility index (Phi) is 3.46. The maximum atomic E-state index is 11.6. The Morgan fingerprint density at radius 2 is 2.33 bits per heavy atom. The van der Waals surface area contributed by atoms with Crippen molar-refractivity contribution in [3.63, 3.8) is 0 Å². The van der Waals surface area contributed by atoms with E-state index in [0.29, 0.717) is 12.1 Å². The van der Waals surface area contributed by atoms with Crippen molar-refractivity contribution in [3.05, 3.63) is 35.7 Å². The van der Waals surface area contributed by atoms with Crippen LogP contribution in [0.25, 0.3) is 0 Å². The quantitative estimate of drug-likeness (QED) is 0.556. The van der Waals surface area contributed by atoms with Gasteiger partial charge in [-0.1, -0.05) is 6.08 Å². The van der Waals surface area contributed by atoms with Crippen LogP contribution in [0.5, 0.6) is 0 Å². The molecule has 0 spiro atoms. The van der Waals surface area contributed by atoms with E-state index in [1.807, 2.05) is 30.6 Å². The first-order valence-electron chi connectivity index (χ1n) is 4.79. The van der Waals surface area contributed by atoms with E-state index in [4.69, 9.17) is 5.26 Å². The number of ketones is 1. The number of hydrogen-bond donors (Lipinski definition) is 0. The SMILES string of the molecule is C=CCn1c(C)cc(C(=O)CC#N)c1C. The minimum Gasteiger partial charge on any atom is -0.345 e. The van der Waals surface area contributed by atoms with Crippen LogP contribution in [0.2, 0.25) is 0 Å². The van der Waals surface area contributed by atoms with Crippen LogP contribution in [0.15, 0.2) is 18.7 Å². The van der Waals surface area contributed by atoms with E-state index in [1.54, 1.807) is 6.08 Å². The lowest BCUT2D eigenvalue weighted by Crippen LogP contribution is -2.03. The summed E-state index contributed by atoms with van der Waals surface area (Å²) in [5, 5.41) is 8.47. The average molecular weight is 202 g/mol. The molecule has 0 radical (unpaired) electrons. The summed E-state index contributed by atoms with van der Waals surface area (Å²) >= 11 is 0. The third-order valence-electron chi connectivity index (χ3n) is 2.43. The van der Waals surface area contributed by atoms with Gasteiger partial charge in [-0.3, -0.25) is 4.79 Å². The highest BCUT2D eigenvalue weighted by atomic mass is 16.1. The molecule has 1 aromatic rings. The lowest BCUT2D eigenvalue weighted by molar-refractivity contribution is 0.0997. The molecule has 0 aliphatic heterocycles. The second-order valence-corrected chi connectivity index (χ2v) is 3.44. The van der Waals surface area contributed by atoms with Crippen LogP contribution in [0.4, 0.5) is 0 Å². The monoisotopic (exact) mass is 202 g/mol. The van der Waals surface area contributed by atoms with Crippen molar-refractivity contribution < 1.29 is 4.79 Å². The Hall–Kier alpha value is -1.82. The van der Waals surface area contributed by atoms with Gasteiger partial charge in [0.05, 0.1) is 12.5 Å². The highest BCUT2D eigenvalue weighted by Crippen LogP contribution is 2.16. The van der Waals surface area contributed by atoms with Crippen molar-refractivity contribution in [1.29, 1.82) is 5.26 Å². The van der Waals surface area contributed by atoms with Crippen molar-refractivity contribution in [1.82, 2.24) is 4.57 Å². The van der Waals surface area contributed by atoms with Gasteiger partial charge in [-0.15, -0.1) is 6.58 Å². The van der Waals surface area contributed by atoms with E-state index in [9.17, 15) is 4.79 Å². The van der Waals surface area contributed by atoms with Crippen molar-refractivity contribution in [2.24, 2.45) is 0 Å². The molecule has 3 heteroatoms. The Bertz CT molecular complexity index is 435. The van der Waals surface area contributed by atoms with Crippen molar-refractivity contribution in [2.45, 2.75) is 26.8 Å². The Morgan fingerprint density at radius 3 is 2.87 bits per heavy atom. The number of Topliss-reactive ketones (excluding diaryl/α,β-unsaturated/α-hetero) is 1. The van der Waals surface area contributed by atoms with Gasteiger partial charge in [-0.2, -0.15) is 5.26 Å². The molecule has 78 valence electrons. The molecule has 0 N–H and O–H groups in total. The molecule has 0 aliphatic rings. The summed E-state index contributed by atoms with van der Waals surface area (Å²) in [5.41, 5.74) is 2.58. The van der Waals surface area contributed by atoms with Crippen LogP contribution in [-0.4, -0.2) is 10.4 Å².